The van der Waals surface area contributed by atoms with E-state index in [4.69, 9.17) is 15.6 Å². The second-order valence-electron chi connectivity index (χ2n) is 6.80. The molecular weight excluding hydrogens is 366 g/mol. The van der Waals surface area contributed by atoms with Crippen molar-refractivity contribution < 1.29 is 17.9 Å². The minimum atomic E-state index is -3.58. The molecule has 0 bridgehead atoms. The molecule has 1 aliphatic rings. The van der Waals surface area contributed by atoms with E-state index in [9.17, 15) is 13.2 Å². The van der Waals surface area contributed by atoms with E-state index in [0.29, 0.717) is 24.3 Å². The number of benzene rings is 1. The second-order valence-corrected chi connectivity index (χ2v) is 8.41. The molecule has 0 aromatic heterocycles. The van der Waals surface area contributed by atoms with Gasteiger partial charge in [-0.3, -0.25) is 4.79 Å². The van der Waals surface area contributed by atoms with Crippen LogP contribution in [0.1, 0.15) is 32.8 Å². The third-order valence-corrected chi connectivity index (χ3v) is 5.55. The van der Waals surface area contributed by atoms with Crippen molar-refractivity contribution in [3.05, 3.63) is 29.8 Å². The fourth-order valence-electron chi connectivity index (χ4n) is 2.98. The van der Waals surface area contributed by atoms with E-state index in [1.807, 2.05) is 20.8 Å². The van der Waals surface area contributed by atoms with Gasteiger partial charge in [-0.2, -0.15) is 0 Å². The Kier molecular flexibility index (Phi) is 6.63. The third-order valence-electron chi connectivity index (χ3n) is 4.81. The summed E-state index contributed by atoms with van der Waals surface area (Å²) in [7, 11) is -3.58. The van der Waals surface area contributed by atoms with Crippen molar-refractivity contribution >= 4 is 34.0 Å². The minimum absolute atomic E-state index is 0. The van der Waals surface area contributed by atoms with Crippen LogP contribution in [0.2, 0.25) is 0 Å². The zero-order valence-corrected chi connectivity index (χ0v) is 16.2. The molecular formula is C16H26ClN3O4S. The first-order valence-electron chi connectivity index (χ1n) is 7.81. The summed E-state index contributed by atoms with van der Waals surface area (Å²) >= 11 is 0. The van der Waals surface area contributed by atoms with E-state index >= 15 is 0 Å². The van der Waals surface area contributed by atoms with Crippen molar-refractivity contribution in [2.45, 2.75) is 44.6 Å². The standard InChI is InChI=1S/C16H25N3O4S.ClH/c1-4-23-13-9-16(17,15(13,2)3)14(20)19-12-7-5-11(6-8-12)10-24(18,21)22;/h5-8,13H,4,9-10,17H2,1-3H3,(H,19,20)(H2,18,21,22);1H. The molecule has 1 aromatic rings. The Bertz CT molecular complexity index is 721. The molecule has 5 N–H and O–H groups in total. The summed E-state index contributed by atoms with van der Waals surface area (Å²) in [6, 6.07) is 6.48. The number of rotatable bonds is 6. The van der Waals surface area contributed by atoms with Gasteiger partial charge in [-0.15, -0.1) is 12.4 Å². The topological polar surface area (TPSA) is 125 Å². The van der Waals surface area contributed by atoms with E-state index in [0.717, 1.165) is 0 Å². The second kappa shape index (κ2) is 7.59. The van der Waals surface area contributed by atoms with Crippen LogP contribution in [-0.2, 0) is 25.3 Å². The van der Waals surface area contributed by atoms with E-state index in [2.05, 4.69) is 5.32 Å². The van der Waals surface area contributed by atoms with E-state index < -0.39 is 21.0 Å². The number of hydrogen-bond donors (Lipinski definition) is 3. The van der Waals surface area contributed by atoms with Gasteiger partial charge in [0.2, 0.25) is 15.9 Å². The zero-order chi connectivity index (χ0) is 18.2. The van der Waals surface area contributed by atoms with Gasteiger partial charge in [0, 0.05) is 24.1 Å². The first-order chi connectivity index (χ1) is 11.0. The lowest BCUT2D eigenvalue weighted by molar-refractivity contribution is -0.166. The Morgan fingerprint density at radius 2 is 1.88 bits per heavy atom. The number of primary sulfonamides is 1. The van der Waals surface area contributed by atoms with Gasteiger partial charge in [-0.1, -0.05) is 26.0 Å². The van der Waals surface area contributed by atoms with Gasteiger partial charge in [0.15, 0.2) is 0 Å². The Labute approximate surface area is 154 Å². The maximum absolute atomic E-state index is 12.6. The van der Waals surface area contributed by atoms with Crippen LogP contribution in [-0.4, -0.2) is 32.6 Å². The summed E-state index contributed by atoms with van der Waals surface area (Å²) in [5.41, 5.74) is 5.95. The lowest BCUT2D eigenvalue weighted by atomic mass is 9.54. The molecule has 1 fully saturated rings. The Morgan fingerprint density at radius 1 is 1.32 bits per heavy atom. The maximum Gasteiger partial charge on any atom is 0.245 e. The van der Waals surface area contributed by atoms with Gasteiger partial charge >= 0.3 is 0 Å². The van der Waals surface area contributed by atoms with Crippen LogP contribution < -0.4 is 16.2 Å². The van der Waals surface area contributed by atoms with Gasteiger partial charge in [0.05, 0.1) is 11.9 Å². The number of nitrogens with one attached hydrogen (secondary N) is 1. The quantitative estimate of drug-likeness (QED) is 0.675. The molecule has 0 radical (unpaired) electrons. The van der Waals surface area contributed by atoms with Crippen LogP contribution in [0.15, 0.2) is 24.3 Å². The number of carbonyl (C=O) groups excluding carboxylic acids is 1. The average Bonchev–Trinajstić information content (AvgIpc) is 2.47. The zero-order valence-electron chi connectivity index (χ0n) is 14.6. The van der Waals surface area contributed by atoms with Crippen LogP contribution >= 0.6 is 12.4 Å². The summed E-state index contributed by atoms with van der Waals surface area (Å²) in [4.78, 5) is 12.6. The average molecular weight is 392 g/mol. The van der Waals surface area contributed by atoms with E-state index in [1.165, 1.54) is 0 Å². The van der Waals surface area contributed by atoms with E-state index in [1.54, 1.807) is 24.3 Å². The van der Waals surface area contributed by atoms with Crippen LogP contribution in [0.4, 0.5) is 5.69 Å². The fourth-order valence-corrected chi connectivity index (χ4v) is 3.64. The molecule has 1 aliphatic carbocycles. The highest BCUT2D eigenvalue weighted by Crippen LogP contribution is 2.50. The van der Waals surface area contributed by atoms with Crippen LogP contribution in [0, 0.1) is 5.41 Å². The molecule has 2 rings (SSSR count). The molecule has 0 spiro atoms. The van der Waals surface area contributed by atoms with Crippen LogP contribution in [0.5, 0.6) is 0 Å². The smallest absolute Gasteiger partial charge is 0.245 e. The lowest BCUT2D eigenvalue weighted by Gasteiger charge is -2.57. The van der Waals surface area contributed by atoms with Gasteiger partial charge in [0.25, 0.3) is 0 Å². The maximum atomic E-state index is 12.6. The molecule has 9 heteroatoms. The number of carbonyl (C=O) groups is 1. The third kappa shape index (κ3) is 4.51. The number of anilines is 1. The number of halogens is 1. The van der Waals surface area contributed by atoms with Crippen molar-refractivity contribution in [3.63, 3.8) is 0 Å². The van der Waals surface area contributed by atoms with Crippen LogP contribution in [0.3, 0.4) is 0 Å². The number of hydrogen-bond acceptors (Lipinski definition) is 5. The monoisotopic (exact) mass is 391 g/mol. The molecule has 2 unspecified atom stereocenters. The molecule has 0 saturated heterocycles. The highest BCUT2D eigenvalue weighted by molar-refractivity contribution is 7.88. The predicted octanol–water partition coefficient (Wildman–Crippen LogP) is 1.37. The van der Waals surface area contributed by atoms with Gasteiger partial charge < -0.3 is 15.8 Å². The van der Waals surface area contributed by atoms with Gasteiger partial charge in [-0.25, -0.2) is 13.6 Å². The minimum Gasteiger partial charge on any atom is -0.378 e. The summed E-state index contributed by atoms with van der Waals surface area (Å²) in [5.74, 6) is -0.520. The summed E-state index contributed by atoms with van der Waals surface area (Å²) in [5, 5.41) is 7.80. The molecule has 1 saturated carbocycles. The Morgan fingerprint density at radius 3 is 2.32 bits per heavy atom. The predicted molar refractivity (Wildman–Crippen MR) is 99.9 cm³/mol. The van der Waals surface area contributed by atoms with Crippen molar-refractivity contribution in [1.82, 2.24) is 0 Å². The number of nitrogens with two attached hydrogens (primary N) is 2. The molecule has 1 amide bonds. The number of ether oxygens (including phenoxy) is 1. The summed E-state index contributed by atoms with van der Waals surface area (Å²) in [6.45, 7) is 6.34. The molecule has 142 valence electrons. The highest BCUT2D eigenvalue weighted by Gasteiger charge is 2.62. The summed E-state index contributed by atoms with van der Waals surface area (Å²) < 4.78 is 27.8. The van der Waals surface area contributed by atoms with E-state index in [-0.39, 0.29) is 30.2 Å². The molecule has 7 nitrogen and oxygen atoms in total. The first kappa shape index (κ1) is 21.9. The first-order valence-corrected chi connectivity index (χ1v) is 9.52. The number of sulfonamides is 1. The molecule has 1 aromatic carbocycles. The molecule has 0 aliphatic heterocycles. The van der Waals surface area contributed by atoms with Crippen LogP contribution in [0.25, 0.3) is 0 Å². The van der Waals surface area contributed by atoms with Crippen molar-refractivity contribution in [2.75, 3.05) is 11.9 Å². The highest BCUT2D eigenvalue weighted by atomic mass is 35.5. The fraction of sp³-hybridized carbons (Fsp3) is 0.562. The Balaban J connectivity index is 0.00000312. The van der Waals surface area contributed by atoms with Crippen molar-refractivity contribution in [2.24, 2.45) is 16.3 Å². The van der Waals surface area contributed by atoms with Gasteiger partial charge in [-0.05, 0) is 24.6 Å². The SMILES string of the molecule is CCOC1CC(N)(C(=O)Nc2ccc(CS(N)(=O)=O)cc2)C1(C)C.Cl. The van der Waals surface area contributed by atoms with Crippen molar-refractivity contribution in [3.8, 4) is 0 Å². The molecule has 25 heavy (non-hydrogen) atoms. The number of amides is 1. The molecule has 2 atom stereocenters. The Hall–Kier alpha value is -1.19. The normalized spacial score (nSPS) is 24.8. The lowest BCUT2D eigenvalue weighted by Crippen LogP contribution is -2.74. The largest absolute Gasteiger partial charge is 0.378 e. The van der Waals surface area contributed by atoms with Crippen molar-refractivity contribution in [1.29, 1.82) is 0 Å². The van der Waals surface area contributed by atoms with Gasteiger partial charge in [0.1, 0.15) is 5.54 Å². The summed E-state index contributed by atoms with van der Waals surface area (Å²) in [6.07, 6.45) is 0.416. The molecule has 0 heterocycles.